The van der Waals surface area contributed by atoms with Gasteiger partial charge in [-0.3, -0.25) is 0 Å². The SMILES string of the molecule is Cc1ccc(C(O)CCN2CCCCCC2C)cc1. The first-order valence-corrected chi connectivity index (χ1v) is 7.65. The summed E-state index contributed by atoms with van der Waals surface area (Å²) in [7, 11) is 0. The molecule has 2 heteroatoms. The van der Waals surface area contributed by atoms with Crippen molar-refractivity contribution < 1.29 is 5.11 Å². The first-order chi connectivity index (χ1) is 9.16. The highest BCUT2D eigenvalue weighted by Crippen LogP contribution is 2.21. The fourth-order valence-corrected chi connectivity index (χ4v) is 2.91. The molecule has 1 aliphatic heterocycles. The van der Waals surface area contributed by atoms with E-state index in [1.807, 2.05) is 12.1 Å². The van der Waals surface area contributed by atoms with Crippen LogP contribution in [0.1, 0.15) is 56.3 Å². The smallest absolute Gasteiger partial charge is 0.0802 e. The van der Waals surface area contributed by atoms with Gasteiger partial charge in [-0.15, -0.1) is 0 Å². The number of nitrogens with zero attached hydrogens (tertiary/aromatic N) is 1. The number of hydrogen-bond acceptors (Lipinski definition) is 2. The molecule has 0 aromatic heterocycles. The lowest BCUT2D eigenvalue weighted by atomic mass is 10.0. The van der Waals surface area contributed by atoms with E-state index in [2.05, 4.69) is 30.9 Å². The monoisotopic (exact) mass is 261 g/mol. The van der Waals surface area contributed by atoms with Crippen molar-refractivity contribution in [3.05, 3.63) is 35.4 Å². The van der Waals surface area contributed by atoms with E-state index in [-0.39, 0.29) is 6.10 Å². The number of aryl methyl sites for hydroxylation is 1. The van der Waals surface area contributed by atoms with Crippen LogP contribution in [0.25, 0.3) is 0 Å². The molecule has 0 bridgehead atoms. The molecule has 106 valence electrons. The Labute approximate surface area is 117 Å². The molecule has 1 saturated heterocycles. The van der Waals surface area contributed by atoms with E-state index < -0.39 is 0 Å². The van der Waals surface area contributed by atoms with E-state index in [9.17, 15) is 5.11 Å². The maximum Gasteiger partial charge on any atom is 0.0802 e. The Bertz CT molecular complexity index is 373. The third-order valence-corrected chi connectivity index (χ3v) is 4.34. The highest BCUT2D eigenvalue weighted by atomic mass is 16.3. The van der Waals surface area contributed by atoms with Crippen molar-refractivity contribution in [1.29, 1.82) is 0 Å². The molecule has 0 radical (unpaired) electrons. The predicted octanol–water partition coefficient (Wildman–Crippen LogP) is 3.68. The Morgan fingerprint density at radius 1 is 1.21 bits per heavy atom. The number of benzene rings is 1. The van der Waals surface area contributed by atoms with Crippen LogP contribution in [0.3, 0.4) is 0 Å². The lowest BCUT2D eigenvalue weighted by Gasteiger charge is -2.27. The predicted molar refractivity (Wildman–Crippen MR) is 80.3 cm³/mol. The first-order valence-electron chi connectivity index (χ1n) is 7.65. The molecule has 0 amide bonds. The summed E-state index contributed by atoms with van der Waals surface area (Å²) in [6, 6.07) is 8.92. The largest absolute Gasteiger partial charge is 0.388 e. The minimum Gasteiger partial charge on any atom is -0.388 e. The van der Waals surface area contributed by atoms with Gasteiger partial charge in [-0.1, -0.05) is 42.7 Å². The van der Waals surface area contributed by atoms with Crippen molar-refractivity contribution in [2.24, 2.45) is 0 Å². The van der Waals surface area contributed by atoms with Crippen LogP contribution in [0.2, 0.25) is 0 Å². The van der Waals surface area contributed by atoms with Gasteiger partial charge >= 0.3 is 0 Å². The molecule has 1 aromatic carbocycles. The van der Waals surface area contributed by atoms with Crippen molar-refractivity contribution in [2.45, 2.75) is 58.1 Å². The average molecular weight is 261 g/mol. The van der Waals surface area contributed by atoms with Gasteiger partial charge in [-0.2, -0.15) is 0 Å². The van der Waals surface area contributed by atoms with Gasteiger partial charge in [0.15, 0.2) is 0 Å². The van der Waals surface area contributed by atoms with E-state index in [1.54, 1.807) is 0 Å². The topological polar surface area (TPSA) is 23.5 Å². The first kappa shape index (κ1) is 14.5. The Morgan fingerprint density at radius 3 is 2.68 bits per heavy atom. The van der Waals surface area contributed by atoms with Crippen molar-refractivity contribution in [3.8, 4) is 0 Å². The molecular weight excluding hydrogens is 234 g/mol. The Balaban J connectivity index is 1.85. The molecule has 0 spiro atoms. The third kappa shape index (κ3) is 4.32. The van der Waals surface area contributed by atoms with E-state index >= 15 is 0 Å². The van der Waals surface area contributed by atoms with E-state index in [4.69, 9.17) is 0 Å². The van der Waals surface area contributed by atoms with Crippen molar-refractivity contribution in [2.75, 3.05) is 13.1 Å². The van der Waals surface area contributed by atoms with Gasteiger partial charge in [-0.05, 0) is 45.2 Å². The molecule has 0 aliphatic carbocycles. The zero-order valence-electron chi connectivity index (χ0n) is 12.3. The summed E-state index contributed by atoms with van der Waals surface area (Å²) in [6.07, 6.45) is 5.86. The molecule has 0 saturated carbocycles. The van der Waals surface area contributed by atoms with Crippen molar-refractivity contribution in [1.82, 2.24) is 4.90 Å². The molecule has 2 atom stereocenters. The van der Waals surface area contributed by atoms with Crippen molar-refractivity contribution in [3.63, 3.8) is 0 Å². The van der Waals surface area contributed by atoms with Gasteiger partial charge in [0.25, 0.3) is 0 Å². The number of aliphatic hydroxyl groups is 1. The van der Waals surface area contributed by atoms with Gasteiger partial charge in [-0.25, -0.2) is 0 Å². The highest BCUT2D eigenvalue weighted by molar-refractivity contribution is 5.23. The summed E-state index contributed by atoms with van der Waals surface area (Å²) in [5.41, 5.74) is 2.30. The molecule has 1 fully saturated rings. The van der Waals surface area contributed by atoms with Crippen LogP contribution in [0.5, 0.6) is 0 Å². The molecule has 1 N–H and O–H groups in total. The standard InChI is InChI=1S/C17H27NO/c1-14-7-9-16(10-8-14)17(19)11-13-18-12-5-3-4-6-15(18)2/h7-10,15,17,19H,3-6,11-13H2,1-2H3. The van der Waals surface area contributed by atoms with Crippen LogP contribution in [0.15, 0.2) is 24.3 Å². The molecule has 2 unspecified atom stereocenters. The quantitative estimate of drug-likeness (QED) is 0.893. The summed E-state index contributed by atoms with van der Waals surface area (Å²) < 4.78 is 0. The van der Waals surface area contributed by atoms with Gasteiger partial charge in [0.2, 0.25) is 0 Å². The maximum atomic E-state index is 10.3. The number of hydrogen-bond donors (Lipinski definition) is 1. The van der Waals surface area contributed by atoms with Crippen LogP contribution < -0.4 is 0 Å². The average Bonchev–Trinajstić information content (AvgIpc) is 2.61. The second-order valence-corrected chi connectivity index (χ2v) is 5.95. The molecule has 19 heavy (non-hydrogen) atoms. The minimum atomic E-state index is -0.323. The van der Waals surface area contributed by atoms with Gasteiger partial charge in [0.05, 0.1) is 6.10 Å². The molecule has 2 nitrogen and oxygen atoms in total. The lowest BCUT2D eigenvalue weighted by Crippen LogP contribution is -2.34. The number of likely N-dealkylation sites (tertiary alicyclic amines) is 1. The van der Waals surface area contributed by atoms with Gasteiger partial charge in [0.1, 0.15) is 0 Å². The summed E-state index contributed by atoms with van der Waals surface area (Å²) >= 11 is 0. The van der Waals surface area contributed by atoms with Crippen LogP contribution in [-0.2, 0) is 0 Å². The molecule has 1 heterocycles. The normalized spacial score (nSPS) is 23.0. The zero-order chi connectivity index (χ0) is 13.7. The lowest BCUT2D eigenvalue weighted by molar-refractivity contribution is 0.128. The number of rotatable bonds is 4. The second kappa shape index (κ2) is 7.06. The van der Waals surface area contributed by atoms with E-state index in [1.165, 1.54) is 37.8 Å². The third-order valence-electron chi connectivity index (χ3n) is 4.34. The Morgan fingerprint density at radius 2 is 1.95 bits per heavy atom. The summed E-state index contributed by atoms with van der Waals surface area (Å²) in [5, 5.41) is 10.3. The number of aliphatic hydroxyl groups excluding tert-OH is 1. The van der Waals surface area contributed by atoms with E-state index in [0.29, 0.717) is 6.04 Å². The van der Waals surface area contributed by atoms with Gasteiger partial charge in [0, 0.05) is 12.6 Å². The maximum absolute atomic E-state index is 10.3. The van der Waals surface area contributed by atoms with Crippen LogP contribution in [0, 0.1) is 6.92 Å². The van der Waals surface area contributed by atoms with Crippen LogP contribution >= 0.6 is 0 Å². The fourth-order valence-electron chi connectivity index (χ4n) is 2.91. The molecular formula is C17H27NO. The Kier molecular flexibility index (Phi) is 5.41. The zero-order valence-corrected chi connectivity index (χ0v) is 12.3. The minimum absolute atomic E-state index is 0.323. The van der Waals surface area contributed by atoms with Crippen LogP contribution in [0.4, 0.5) is 0 Å². The summed E-state index contributed by atoms with van der Waals surface area (Å²) in [5.74, 6) is 0. The second-order valence-electron chi connectivity index (χ2n) is 5.95. The van der Waals surface area contributed by atoms with Crippen LogP contribution in [-0.4, -0.2) is 29.1 Å². The molecule has 1 aromatic rings. The highest BCUT2D eigenvalue weighted by Gasteiger charge is 2.18. The molecule has 2 rings (SSSR count). The fraction of sp³-hybridized carbons (Fsp3) is 0.647. The van der Waals surface area contributed by atoms with Gasteiger partial charge < -0.3 is 10.0 Å². The Hall–Kier alpha value is -0.860. The summed E-state index contributed by atoms with van der Waals surface area (Å²) in [6.45, 7) is 6.61. The summed E-state index contributed by atoms with van der Waals surface area (Å²) in [4.78, 5) is 2.55. The molecule has 1 aliphatic rings. The van der Waals surface area contributed by atoms with E-state index in [0.717, 1.165) is 18.5 Å². The van der Waals surface area contributed by atoms with Crippen molar-refractivity contribution >= 4 is 0 Å².